The van der Waals surface area contributed by atoms with Crippen LogP contribution in [0, 0.1) is 0 Å². The highest BCUT2D eigenvalue weighted by atomic mass is 32.1. The van der Waals surface area contributed by atoms with Gasteiger partial charge in [-0.25, -0.2) is 9.78 Å². The van der Waals surface area contributed by atoms with Crippen LogP contribution in [0.4, 0.5) is 9.93 Å². The van der Waals surface area contributed by atoms with E-state index in [4.69, 9.17) is 0 Å². The van der Waals surface area contributed by atoms with Crippen molar-refractivity contribution in [2.24, 2.45) is 0 Å². The van der Waals surface area contributed by atoms with Crippen molar-refractivity contribution in [3.05, 3.63) is 34.0 Å². The minimum absolute atomic E-state index is 0.0932. The molecule has 20 heavy (non-hydrogen) atoms. The Morgan fingerprint density at radius 1 is 1.45 bits per heavy atom. The van der Waals surface area contributed by atoms with Crippen LogP contribution in [0.2, 0.25) is 0 Å². The summed E-state index contributed by atoms with van der Waals surface area (Å²) in [7, 11) is 0. The van der Waals surface area contributed by atoms with Gasteiger partial charge >= 0.3 is 6.03 Å². The number of nitrogens with one attached hydrogen (secondary N) is 2. The van der Waals surface area contributed by atoms with Gasteiger partial charge in [0.1, 0.15) is 0 Å². The molecule has 3 rings (SSSR count). The number of hydrogen-bond donors (Lipinski definition) is 2. The van der Waals surface area contributed by atoms with E-state index in [0.717, 1.165) is 29.5 Å². The Balaban J connectivity index is 1.43. The fourth-order valence-electron chi connectivity index (χ4n) is 2.24. The standard InChI is InChI=1S/C13H16N4OS2/c18-12(15-8-11-2-1-6-19-11)16-10-3-5-17(9-10)13-14-4-7-20-13/h1-2,4,6-7,10H,3,5,8-9H2,(H2,15,16,18)/t10-/m1/s1. The topological polar surface area (TPSA) is 57.3 Å². The van der Waals surface area contributed by atoms with Gasteiger partial charge in [0.25, 0.3) is 0 Å². The summed E-state index contributed by atoms with van der Waals surface area (Å²) in [6, 6.07) is 4.11. The molecule has 0 spiro atoms. The molecule has 1 saturated heterocycles. The molecule has 1 aliphatic rings. The van der Waals surface area contributed by atoms with E-state index in [1.54, 1.807) is 22.7 Å². The second-order valence-electron chi connectivity index (χ2n) is 4.65. The summed E-state index contributed by atoms with van der Waals surface area (Å²) in [6.45, 7) is 2.37. The van der Waals surface area contributed by atoms with Gasteiger partial charge in [0, 0.05) is 35.6 Å². The van der Waals surface area contributed by atoms with Crippen LogP contribution in [0.5, 0.6) is 0 Å². The third kappa shape index (κ3) is 3.29. The molecule has 1 fully saturated rings. The second kappa shape index (κ2) is 6.23. The molecular formula is C13H16N4OS2. The zero-order chi connectivity index (χ0) is 13.8. The Bertz CT molecular complexity index is 541. The van der Waals surface area contributed by atoms with E-state index in [0.29, 0.717) is 6.54 Å². The largest absolute Gasteiger partial charge is 0.346 e. The average Bonchev–Trinajstić information content (AvgIpc) is 3.18. The molecule has 0 unspecified atom stereocenters. The molecule has 7 heteroatoms. The molecule has 0 radical (unpaired) electrons. The Kier molecular flexibility index (Phi) is 4.17. The maximum atomic E-state index is 11.8. The summed E-state index contributed by atoms with van der Waals surface area (Å²) >= 11 is 3.29. The number of amides is 2. The molecular weight excluding hydrogens is 292 g/mol. The van der Waals surface area contributed by atoms with E-state index >= 15 is 0 Å². The third-order valence-electron chi connectivity index (χ3n) is 3.22. The van der Waals surface area contributed by atoms with Gasteiger partial charge in [-0.15, -0.1) is 22.7 Å². The van der Waals surface area contributed by atoms with Gasteiger partial charge in [-0.2, -0.15) is 0 Å². The van der Waals surface area contributed by atoms with Crippen LogP contribution in [0.25, 0.3) is 0 Å². The number of nitrogens with zero attached hydrogens (tertiary/aromatic N) is 2. The molecule has 2 amide bonds. The number of carbonyl (C=O) groups excluding carboxylic acids is 1. The van der Waals surface area contributed by atoms with Crippen LogP contribution < -0.4 is 15.5 Å². The van der Waals surface area contributed by atoms with E-state index in [2.05, 4.69) is 20.5 Å². The highest BCUT2D eigenvalue weighted by Crippen LogP contribution is 2.22. The van der Waals surface area contributed by atoms with Gasteiger partial charge in [0.05, 0.1) is 6.54 Å². The highest BCUT2D eigenvalue weighted by Gasteiger charge is 2.25. The normalized spacial score (nSPS) is 18.2. The van der Waals surface area contributed by atoms with Crippen molar-refractivity contribution in [3.8, 4) is 0 Å². The number of hydrogen-bond acceptors (Lipinski definition) is 5. The maximum Gasteiger partial charge on any atom is 0.315 e. The third-order valence-corrected chi connectivity index (χ3v) is 4.93. The van der Waals surface area contributed by atoms with Gasteiger partial charge in [0.15, 0.2) is 5.13 Å². The van der Waals surface area contributed by atoms with Crippen molar-refractivity contribution < 1.29 is 4.79 Å². The van der Waals surface area contributed by atoms with Gasteiger partial charge in [0.2, 0.25) is 0 Å². The van der Waals surface area contributed by atoms with Gasteiger partial charge in [-0.05, 0) is 17.9 Å². The van der Waals surface area contributed by atoms with Crippen molar-refractivity contribution in [3.63, 3.8) is 0 Å². The Morgan fingerprint density at radius 2 is 2.40 bits per heavy atom. The molecule has 0 aliphatic carbocycles. The lowest BCUT2D eigenvalue weighted by molar-refractivity contribution is 0.237. The van der Waals surface area contributed by atoms with Crippen molar-refractivity contribution in [2.75, 3.05) is 18.0 Å². The summed E-state index contributed by atoms with van der Waals surface area (Å²) in [5.41, 5.74) is 0. The first kappa shape index (κ1) is 13.4. The van der Waals surface area contributed by atoms with Crippen LogP contribution in [0.15, 0.2) is 29.1 Å². The molecule has 2 aromatic heterocycles. The summed E-state index contributed by atoms with van der Waals surface area (Å²) in [6.07, 6.45) is 2.78. The zero-order valence-corrected chi connectivity index (χ0v) is 12.5. The van der Waals surface area contributed by atoms with E-state index < -0.39 is 0 Å². The van der Waals surface area contributed by atoms with E-state index in [-0.39, 0.29) is 12.1 Å². The summed E-state index contributed by atoms with van der Waals surface area (Å²) < 4.78 is 0. The van der Waals surface area contributed by atoms with Crippen LogP contribution in [0.3, 0.4) is 0 Å². The highest BCUT2D eigenvalue weighted by molar-refractivity contribution is 7.13. The van der Waals surface area contributed by atoms with Crippen LogP contribution in [-0.2, 0) is 6.54 Å². The van der Waals surface area contributed by atoms with Crippen molar-refractivity contribution in [1.29, 1.82) is 0 Å². The fraction of sp³-hybridized carbons (Fsp3) is 0.385. The number of thiophene rings is 1. The van der Waals surface area contributed by atoms with Gasteiger partial charge < -0.3 is 15.5 Å². The van der Waals surface area contributed by atoms with Crippen molar-refractivity contribution in [2.45, 2.75) is 19.0 Å². The van der Waals surface area contributed by atoms with Crippen LogP contribution in [-0.4, -0.2) is 30.1 Å². The number of aromatic nitrogens is 1. The monoisotopic (exact) mass is 308 g/mol. The number of carbonyl (C=O) groups is 1. The van der Waals surface area contributed by atoms with Gasteiger partial charge in [-0.1, -0.05) is 6.07 Å². The Hall–Kier alpha value is -1.60. The zero-order valence-electron chi connectivity index (χ0n) is 10.9. The molecule has 3 heterocycles. The predicted octanol–water partition coefficient (Wildman–Crippen LogP) is 2.28. The second-order valence-corrected chi connectivity index (χ2v) is 6.56. The molecule has 2 N–H and O–H groups in total. The summed E-state index contributed by atoms with van der Waals surface area (Å²) in [5.74, 6) is 0. The molecule has 0 aromatic carbocycles. The molecule has 2 aromatic rings. The predicted molar refractivity (Wildman–Crippen MR) is 82.4 cm³/mol. The van der Waals surface area contributed by atoms with Crippen molar-refractivity contribution >= 4 is 33.8 Å². The molecule has 5 nitrogen and oxygen atoms in total. The maximum absolute atomic E-state index is 11.8. The molecule has 1 aliphatic heterocycles. The molecule has 0 bridgehead atoms. The van der Waals surface area contributed by atoms with E-state index in [1.165, 1.54) is 0 Å². The Morgan fingerprint density at radius 3 is 3.15 bits per heavy atom. The van der Waals surface area contributed by atoms with Gasteiger partial charge in [-0.3, -0.25) is 0 Å². The SMILES string of the molecule is O=C(NCc1cccs1)N[C@@H]1CCN(c2nccs2)C1. The lowest BCUT2D eigenvalue weighted by atomic mass is 10.3. The number of anilines is 1. The first-order valence-corrected chi connectivity index (χ1v) is 8.28. The molecule has 0 saturated carbocycles. The minimum atomic E-state index is -0.0932. The van der Waals surface area contributed by atoms with Crippen LogP contribution in [0.1, 0.15) is 11.3 Å². The number of rotatable bonds is 4. The smallest absolute Gasteiger partial charge is 0.315 e. The van der Waals surface area contributed by atoms with E-state index in [9.17, 15) is 4.79 Å². The van der Waals surface area contributed by atoms with Crippen LogP contribution >= 0.6 is 22.7 Å². The fourth-order valence-corrected chi connectivity index (χ4v) is 3.57. The first-order valence-electron chi connectivity index (χ1n) is 6.52. The molecule has 106 valence electrons. The lowest BCUT2D eigenvalue weighted by Crippen LogP contribution is -2.43. The lowest BCUT2D eigenvalue weighted by Gasteiger charge is -2.16. The summed E-state index contributed by atoms with van der Waals surface area (Å²) in [5, 5.41) is 10.9. The number of urea groups is 1. The number of thiazole rings is 1. The quantitative estimate of drug-likeness (QED) is 0.911. The Labute approximate surface area is 125 Å². The summed E-state index contributed by atoms with van der Waals surface area (Å²) in [4.78, 5) is 19.5. The average molecular weight is 308 g/mol. The minimum Gasteiger partial charge on any atom is -0.346 e. The molecule has 1 atom stereocenters. The van der Waals surface area contributed by atoms with E-state index in [1.807, 2.05) is 29.1 Å². The van der Waals surface area contributed by atoms with Crippen molar-refractivity contribution in [1.82, 2.24) is 15.6 Å². The first-order chi connectivity index (χ1) is 9.81.